The highest BCUT2D eigenvalue weighted by molar-refractivity contribution is 6.32. The molecule has 0 radical (unpaired) electrons. The van der Waals surface area contributed by atoms with Crippen molar-refractivity contribution in [3.63, 3.8) is 0 Å². The van der Waals surface area contributed by atoms with Gasteiger partial charge in [0, 0.05) is 42.9 Å². The van der Waals surface area contributed by atoms with Crippen molar-refractivity contribution in [3.8, 4) is 5.75 Å². The minimum Gasteiger partial charge on any atom is -0.406 e. The lowest BCUT2D eigenvalue weighted by Crippen LogP contribution is -2.60. The molecule has 0 bridgehead atoms. The molecular formula is C21H21ClF4N4O4. The molecule has 1 N–H and O–H groups in total. The summed E-state index contributed by atoms with van der Waals surface area (Å²) in [6.45, 7) is 2.19. The third-order valence-corrected chi connectivity index (χ3v) is 5.49. The van der Waals surface area contributed by atoms with E-state index in [1.54, 1.807) is 0 Å². The molecule has 0 unspecified atom stereocenters. The summed E-state index contributed by atoms with van der Waals surface area (Å²) >= 11 is 5.47. The van der Waals surface area contributed by atoms with E-state index < -0.39 is 35.1 Å². The molecule has 8 nitrogen and oxygen atoms in total. The number of ether oxygens (including phenoxy) is 2. The third kappa shape index (κ3) is 5.92. The van der Waals surface area contributed by atoms with Gasteiger partial charge in [-0.15, -0.1) is 13.2 Å². The van der Waals surface area contributed by atoms with Gasteiger partial charge < -0.3 is 14.8 Å². The van der Waals surface area contributed by atoms with Crippen LogP contribution in [0, 0.1) is 0 Å². The predicted molar refractivity (Wildman–Crippen MR) is 113 cm³/mol. The molecule has 0 aliphatic carbocycles. The Labute approximate surface area is 197 Å². The Morgan fingerprint density at radius 2 is 1.76 bits per heavy atom. The monoisotopic (exact) mass is 504 g/mol. The summed E-state index contributed by atoms with van der Waals surface area (Å²) in [6.07, 6.45) is -0.137. The predicted octanol–water partition coefficient (Wildman–Crippen LogP) is 3.45. The first-order valence-electron chi connectivity index (χ1n) is 10.1. The molecule has 1 aliphatic rings. The average Bonchev–Trinajstić information content (AvgIpc) is 2.80. The molecule has 1 aromatic carbocycles. The Kier molecular flexibility index (Phi) is 7.93. The molecule has 34 heavy (non-hydrogen) atoms. The first-order valence-corrected chi connectivity index (χ1v) is 10.6. The second kappa shape index (κ2) is 10.5. The largest absolute Gasteiger partial charge is 0.573 e. The fourth-order valence-corrected chi connectivity index (χ4v) is 3.68. The van der Waals surface area contributed by atoms with Gasteiger partial charge in [-0.1, -0.05) is 11.6 Å². The van der Waals surface area contributed by atoms with Gasteiger partial charge in [0.05, 0.1) is 0 Å². The van der Waals surface area contributed by atoms with Gasteiger partial charge in [0.25, 0.3) is 17.4 Å². The van der Waals surface area contributed by atoms with E-state index in [0.29, 0.717) is 26.1 Å². The Morgan fingerprint density at radius 1 is 1.18 bits per heavy atom. The highest BCUT2D eigenvalue weighted by Crippen LogP contribution is 2.36. The molecule has 3 rings (SSSR count). The van der Waals surface area contributed by atoms with Gasteiger partial charge >= 0.3 is 6.36 Å². The van der Waals surface area contributed by atoms with Gasteiger partial charge in [-0.05, 0) is 44.0 Å². The number of carbonyl (C=O) groups is 2. The highest BCUT2D eigenvalue weighted by atomic mass is 35.5. The number of nitrogens with zero attached hydrogens (tertiary/aromatic N) is 3. The number of nitrogens with one attached hydrogen (secondary N) is 1. The topological polar surface area (TPSA) is 93.6 Å². The second-order valence-corrected chi connectivity index (χ2v) is 7.96. The Hall–Kier alpha value is -2.99. The number of rotatable bonds is 7. The van der Waals surface area contributed by atoms with Crippen LogP contribution in [0.25, 0.3) is 0 Å². The number of alkyl halides is 5. The van der Waals surface area contributed by atoms with Crippen LogP contribution >= 0.6 is 11.6 Å². The lowest BCUT2D eigenvalue weighted by molar-refractivity contribution is -0.274. The molecule has 2 aromatic rings. The zero-order chi connectivity index (χ0) is 24.9. The number of anilines is 1. The summed E-state index contributed by atoms with van der Waals surface area (Å²) in [5, 5.41) is 2.84. The normalized spacial score (nSPS) is 17.4. The fourth-order valence-electron chi connectivity index (χ4n) is 3.58. The summed E-state index contributed by atoms with van der Waals surface area (Å²) in [4.78, 5) is 35.1. The van der Waals surface area contributed by atoms with Crippen LogP contribution in [0.15, 0.2) is 43.0 Å². The van der Waals surface area contributed by atoms with E-state index in [0.717, 1.165) is 29.2 Å². The van der Waals surface area contributed by atoms with Gasteiger partial charge in [0.15, 0.2) is 5.54 Å². The van der Waals surface area contributed by atoms with E-state index >= 15 is 0 Å². The number of hydrogen-bond donors (Lipinski definition) is 1. The van der Waals surface area contributed by atoms with Crippen LogP contribution in [-0.4, -0.2) is 53.0 Å². The van der Waals surface area contributed by atoms with E-state index in [1.807, 2.05) is 0 Å². The number of carbonyl (C=O) groups excluding carboxylic acids is 2. The number of hydrogen-bond acceptors (Lipinski definition) is 6. The Morgan fingerprint density at radius 3 is 2.29 bits per heavy atom. The van der Waals surface area contributed by atoms with Gasteiger partial charge in [0.2, 0.25) is 0 Å². The minimum atomic E-state index is -4.93. The maximum absolute atomic E-state index is 14.1. The molecular weight excluding hydrogens is 484 g/mol. The van der Waals surface area contributed by atoms with Crippen LogP contribution in [0.1, 0.15) is 25.3 Å². The molecule has 1 saturated heterocycles. The average molecular weight is 505 g/mol. The summed E-state index contributed by atoms with van der Waals surface area (Å²) < 4.78 is 60.9. The van der Waals surface area contributed by atoms with Crippen LogP contribution in [0.5, 0.6) is 5.75 Å². The van der Waals surface area contributed by atoms with Crippen molar-refractivity contribution in [2.24, 2.45) is 0 Å². The smallest absolute Gasteiger partial charge is 0.406 e. The quantitative estimate of drug-likeness (QED) is 0.458. The van der Waals surface area contributed by atoms with E-state index in [2.05, 4.69) is 20.0 Å². The zero-order valence-corrected chi connectivity index (χ0v) is 18.6. The summed E-state index contributed by atoms with van der Waals surface area (Å²) in [7, 11) is 0. The third-order valence-electron chi connectivity index (χ3n) is 5.30. The van der Waals surface area contributed by atoms with Crippen molar-refractivity contribution < 1.29 is 36.6 Å². The first-order chi connectivity index (χ1) is 16.0. The molecule has 2 amide bonds. The van der Waals surface area contributed by atoms with Crippen molar-refractivity contribution in [2.75, 3.05) is 18.1 Å². The maximum Gasteiger partial charge on any atom is 0.573 e. The number of aromatic nitrogens is 2. The standard InChI is InChI=1S/C21H21ClF4N4O4/c1-20(13-10-27-12-28-11-13,19(32)29-14-6-8-33-9-7-14)30(18(31)17(22)23)15-2-4-16(5-3-15)34-21(24,25)26/h2-5,10-12,14,17H,6-9H2,1H3,(H,29,32)/t17-,20+/m0/s1. The molecule has 0 spiro atoms. The van der Waals surface area contributed by atoms with Crippen molar-refractivity contribution >= 4 is 29.1 Å². The molecule has 13 heteroatoms. The lowest BCUT2D eigenvalue weighted by atomic mass is 9.89. The van der Waals surface area contributed by atoms with Gasteiger partial charge in [-0.2, -0.15) is 0 Å². The summed E-state index contributed by atoms with van der Waals surface area (Å²) in [5.74, 6) is -2.56. The van der Waals surface area contributed by atoms with Crippen LogP contribution in [-0.2, 0) is 19.9 Å². The molecule has 2 atom stereocenters. The summed E-state index contributed by atoms with van der Waals surface area (Å²) in [5.41, 5.74) is -4.44. The number of benzene rings is 1. The molecule has 1 aromatic heterocycles. The van der Waals surface area contributed by atoms with Crippen molar-refractivity contribution in [1.29, 1.82) is 0 Å². The molecule has 0 saturated carbocycles. The lowest BCUT2D eigenvalue weighted by Gasteiger charge is -2.41. The van der Waals surface area contributed by atoms with Crippen molar-refractivity contribution in [2.45, 2.75) is 43.3 Å². The molecule has 1 fully saturated rings. The highest BCUT2D eigenvalue weighted by Gasteiger charge is 2.47. The van der Waals surface area contributed by atoms with Crippen LogP contribution in [0.3, 0.4) is 0 Å². The van der Waals surface area contributed by atoms with Gasteiger partial charge in [-0.3, -0.25) is 14.5 Å². The summed E-state index contributed by atoms with van der Waals surface area (Å²) in [6, 6.07) is 3.76. The Balaban J connectivity index is 2.07. The zero-order valence-electron chi connectivity index (χ0n) is 17.9. The molecule has 1 aliphatic heterocycles. The van der Waals surface area contributed by atoms with Crippen LogP contribution in [0.4, 0.5) is 23.2 Å². The van der Waals surface area contributed by atoms with Gasteiger partial charge in [0.1, 0.15) is 12.1 Å². The minimum absolute atomic E-state index is 0.101. The van der Waals surface area contributed by atoms with E-state index in [1.165, 1.54) is 25.6 Å². The van der Waals surface area contributed by atoms with E-state index in [9.17, 15) is 27.2 Å². The number of amides is 2. The van der Waals surface area contributed by atoms with Crippen LogP contribution in [0.2, 0.25) is 0 Å². The fraction of sp³-hybridized carbons (Fsp3) is 0.429. The van der Waals surface area contributed by atoms with E-state index in [-0.39, 0.29) is 17.3 Å². The Bertz CT molecular complexity index is 989. The second-order valence-electron chi connectivity index (χ2n) is 7.58. The molecule has 2 heterocycles. The van der Waals surface area contributed by atoms with Crippen molar-refractivity contribution in [1.82, 2.24) is 15.3 Å². The van der Waals surface area contributed by atoms with Crippen molar-refractivity contribution in [3.05, 3.63) is 48.5 Å². The maximum atomic E-state index is 14.1. The number of halogens is 5. The molecule has 184 valence electrons. The van der Waals surface area contributed by atoms with Crippen LogP contribution < -0.4 is 15.0 Å². The first kappa shape index (κ1) is 25.6. The SMILES string of the molecule is C[C@](C(=O)NC1CCOCC1)(c1cncnc1)N(C(=O)[C@H](F)Cl)c1ccc(OC(F)(F)F)cc1. The van der Waals surface area contributed by atoms with E-state index in [4.69, 9.17) is 16.3 Å². The van der Waals surface area contributed by atoms with Gasteiger partial charge in [-0.25, -0.2) is 14.4 Å².